The molecule has 2 N–H and O–H groups in total. The van der Waals surface area contributed by atoms with Gasteiger partial charge in [-0.15, -0.1) is 0 Å². The first-order valence-corrected chi connectivity index (χ1v) is 7.13. The molecule has 4 heteroatoms. The SMILES string of the molecule is CC(C)C(C)CNC(=O)c1ccc(F)cc1C#CCCO. The summed E-state index contributed by atoms with van der Waals surface area (Å²) < 4.78 is 13.3. The molecule has 1 aromatic rings. The number of aliphatic hydroxyl groups excluding tert-OH is 1. The smallest absolute Gasteiger partial charge is 0.252 e. The first kappa shape index (κ1) is 17.2. The summed E-state index contributed by atoms with van der Waals surface area (Å²) in [6, 6.07) is 3.93. The van der Waals surface area contributed by atoms with Gasteiger partial charge in [0.25, 0.3) is 5.91 Å². The zero-order valence-corrected chi connectivity index (χ0v) is 12.7. The number of aliphatic hydroxyl groups is 1. The first-order valence-electron chi connectivity index (χ1n) is 7.13. The van der Waals surface area contributed by atoms with E-state index in [1.807, 2.05) is 0 Å². The topological polar surface area (TPSA) is 49.3 Å². The quantitative estimate of drug-likeness (QED) is 0.819. The van der Waals surface area contributed by atoms with Gasteiger partial charge in [0.15, 0.2) is 0 Å². The Morgan fingerprint density at radius 1 is 1.38 bits per heavy atom. The van der Waals surface area contributed by atoms with Crippen molar-refractivity contribution in [3.8, 4) is 11.8 Å². The zero-order valence-electron chi connectivity index (χ0n) is 12.7. The Bertz CT molecular complexity index is 543. The summed E-state index contributed by atoms with van der Waals surface area (Å²) in [7, 11) is 0. The van der Waals surface area contributed by atoms with Crippen LogP contribution < -0.4 is 5.32 Å². The van der Waals surface area contributed by atoms with Gasteiger partial charge in [-0.2, -0.15) is 0 Å². The number of rotatable bonds is 5. The highest BCUT2D eigenvalue weighted by Gasteiger charge is 2.13. The van der Waals surface area contributed by atoms with Crippen molar-refractivity contribution in [2.45, 2.75) is 27.2 Å². The lowest BCUT2D eigenvalue weighted by molar-refractivity contribution is 0.0944. The Morgan fingerprint density at radius 2 is 2.10 bits per heavy atom. The molecule has 0 saturated heterocycles. The van der Waals surface area contributed by atoms with Crippen molar-refractivity contribution >= 4 is 5.91 Å². The molecule has 0 radical (unpaired) electrons. The van der Waals surface area contributed by atoms with E-state index in [1.165, 1.54) is 18.2 Å². The number of halogens is 1. The summed E-state index contributed by atoms with van der Waals surface area (Å²) in [4.78, 5) is 12.2. The Hall–Kier alpha value is -1.86. The van der Waals surface area contributed by atoms with Crippen molar-refractivity contribution in [1.82, 2.24) is 5.32 Å². The average Bonchev–Trinajstić information content (AvgIpc) is 2.44. The van der Waals surface area contributed by atoms with Gasteiger partial charge in [0.2, 0.25) is 0 Å². The van der Waals surface area contributed by atoms with Gasteiger partial charge in [0.05, 0.1) is 12.2 Å². The van der Waals surface area contributed by atoms with E-state index in [2.05, 4.69) is 37.9 Å². The molecule has 0 aliphatic rings. The van der Waals surface area contributed by atoms with Gasteiger partial charge in [0.1, 0.15) is 5.82 Å². The van der Waals surface area contributed by atoms with Crippen molar-refractivity contribution in [2.24, 2.45) is 11.8 Å². The molecule has 1 amide bonds. The molecular formula is C17H22FNO2. The van der Waals surface area contributed by atoms with Crippen LogP contribution in [-0.2, 0) is 0 Å². The van der Waals surface area contributed by atoms with Crippen LogP contribution in [0.2, 0.25) is 0 Å². The summed E-state index contributed by atoms with van der Waals surface area (Å²) in [5.74, 6) is 5.59. The molecule has 21 heavy (non-hydrogen) atoms. The van der Waals surface area contributed by atoms with Gasteiger partial charge in [-0.05, 0) is 30.0 Å². The Morgan fingerprint density at radius 3 is 2.71 bits per heavy atom. The number of hydrogen-bond donors (Lipinski definition) is 2. The van der Waals surface area contributed by atoms with Crippen molar-refractivity contribution in [2.75, 3.05) is 13.2 Å². The first-order chi connectivity index (χ1) is 9.95. The van der Waals surface area contributed by atoms with E-state index >= 15 is 0 Å². The molecule has 1 rings (SSSR count). The molecule has 114 valence electrons. The van der Waals surface area contributed by atoms with Crippen LogP contribution in [-0.4, -0.2) is 24.2 Å². The van der Waals surface area contributed by atoms with Crippen LogP contribution in [0.1, 0.15) is 43.1 Å². The highest BCUT2D eigenvalue weighted by atomic mass is 19.1. The maximum atomic E-state index is 13.3. The molecule has 0 spiro atoms. The second-order valence-electron chi connectivity index (χ2n) is 5.40. The van der Waals surface area contributed by atoms with Gasteiger partial charge < -0.3 is 10.4 Å². The summed E-state index contributed by atoms with van der Waals surface area (Å²) in [5.41, 5.74) is 0.705. The van der Waals surface area contributed by atoms with Crippen molar-refractivity contribution in [3.63, 3.8) is 0 Å². The lowest BCUT2D eigenvalue weighted by Crippen LogP contribution is -2.30. The molecule has 1 aromatic carbocycles. The second kappa shape index (κ2) is 8.43. The summed E-state index contributed by atoms with van der Waals surface area (Å²) in [6.07, 6.45) is 0.294. The third kappa shape index (κ3) is 5.57. The van der Waals surface area contributed by atoms with E-state index in [0.717, 1.165) is 0 Å². The number of benzene rings is 1. The van der Waals surface area contributed by atoms with E-state index in [0.29, 0.717) is 35.9 Å². The largest absolute Gasteiger partial charge is 0.395 e. The minimum Gasteiger partial charge on any atom is -0.395 e. The van der Waals surface area contributed by atoms with E-state index in [4.69, 9.17) is 5.11 Å². The molecule has 1 unspecified atom stereocenters. The van der Waals surface area contributed by atoms with Crippen molar-refractivity contribution in [3.05, 3.63) is 35.1 Å². The van der Waals surface area contributed by atoms with E-state index in [9.17, 15) is 9.18 Å². The summed E-state index contributed by atoms with van der Waals surface area (Å²) in [6.45, 7) is 6.77. The monoisotopic (exact) mass is 291 g/mol. The fourth-order valence-corrected chi connectivity index (χ4v) is 1.62. The van der Waals surface area contributed by atoms with Crippen LogP contribution in [0.15, 0.2) is 18.2 Å². The second-order valence-corrected chi connectivity index (χ2v) is 5.40. The third-order valence-corrected chi connectivity index (χ3v) is 3.41. The molecule has 0 heterocycles. The van der Waals surface area contributed by atoms with Gasteiger partial charge in [0, 0.05) is 18.5 Å². The molecule has 0 aliphatic heterocycles. The molecular weight excluding hydrogens is 269 g/mol. The number of nitrogens with one attached hydrogen (secondary N) is 1. The van der Waals surface area contributed by atoms with Gasteiger partial charge in [-0.3, -0.25) is 4.79 Å². The molecule has 0 bridgehead atoms. The van der Waals surface area contributed by atoms with Crippen LogP contribution >= 0.6 is 0 Å². The van der Waals surface area contributed by atoms with Gasteiger partial charge in [-0.1, -0.05) is 32.6 Å². The molecule has 0 aromatic heterocycles. The predicted octanol–water partition coefficient (Wildman–Crippen LogP) is 2.58. The Labute approximate surface area is 125 Å². The Kier molecular flexibility index (Phi) is 6.90. The molecule has 0 fully saturated rings. The fraction of sp³-hybridized carbons (Fsp3) is 0.471. The van der Waals surface area contributed by atoms with E-state index < -0.39 is 5.82 Å². The summed E-state index contributed by atoms with van der Waals surface area (Å²) in [5, 5.41) is 11.6. The highest BCUT2D eigenvalue weighted by molar-refractivity contribution is 5.96. The standard InChI is InChI=1S/C17H22FNO2/c1-12(2)13(3)11-19-17(21)16-8-7-15(18)10-14(16)6-4-5-9-20/h7-8,10,12-13,20H,5,9,11H2,1-3H3,(H,19,21). The van der Waals surface area contributed by atoms with Crippen LogP contribution in [0.4, 0.5) is 4.39 Å². The van der Waals surface area contributed by atoms with Gasteiger partial charge >= 0.3 is 0 Å². The van der Waals surface area contributed by atoms with E-state index in [-0.39, 0.29) is 12.5 Å². The molecule has 0 aliphatic carbocycles. The summed E-state index contributed by atoms with van der Waals surface area (Å²) >= 11 is 0. The molecule has 3 nitrogen and oxygen atoms in total. The minimum atomic E-state index is -0.435. The maximum Gasteiger partial charge on any atom is 0.252 e. The maximum absolute atomic E-state index is 13.3. The minimum absolute atomic E-state index is 0.0598. The fourth-order valence-electron chi connectivity index (χ4n) is 1.62. The zero-order chi connectivity index (χ0) is 15.8. The third-order valence-electron chi connectivity index (χ3n) is 3.41. The Balaban J connectivity index is 2.86. The molecule has 0 saturated carbocycles. The van der Waals surface area contributed by atoms with E-state index in [1.54, 1.807) is 0 Å². The lowest BCUT2D eigenvalue weighted by Gasteiger charge is -2.16. The van der Waals surface area contributed by atoms with Crippen molar-refractivity contribution < 1.29 is 14.3 Å². The predicted molar refractivity (Wildman–Crippen MR) is 81.3 cm³/mol. The number of hydrogen-bond acceptors (Lipinski definition) is 2. The number of carbonyl (C=O) groups excluding carboxylic acids is 1. The number of carbonyl (C=O) groups is 1. The van der Waals surface area contributed by atoms with Crippen molar-refractivity contribution in [1.29, 1.82) is 0 Å². The van der Waals surface area contributed by atoms with Crippen LogP contribution in [0.25, 0.3) is 0 Å². The number of amides is 1. The highest BCUT2D eigenvalue weighted by Crippen LogP contribution is 2.12. The molecule has 1 atom stereocenters. The average molecular weight is 291 g/mol. The van der Waals surface area contributed by atoms with Gasteiger partial charge in [-0.25, -0.2) is 4.39 Å². The van der Waals surface area contributed by atoms with Crippen LogP contribution in [0.5, 0.6) is 0 Å². The normalized spacial score (nSPS) is 11.7. The lowest BCUT2D eigenvalue weighted by atomic mass is 9.98. The van der Waals surface area contributed by atoms with Crippen LogP contribution in [0.3, 0.4) is 0 Å². The van der Waals surface area contributed by atoms with Crippen LogP contribution in [0, 0.1) is 29.5 Å².